The first-order valence-corrected chi connectivity index (χ1v) is 8.48. The molecule has 1 aliphatic heterocycles. The Morgan fingerprint density at radius 3 is 2.62 bits per heavy atom. The molecule has 0 aliphatic carbocycles. The Labute approximate surface area is 147 Å². The fourth-order valence-electron chi connectivity index (χ4n) is 3.04. The van der Waals surface area contributed by atoms with Gasteiger partial charge in [0.05, 0.1) is 5.69 Å². The number of nitrogens with zero attached hydrogens (tertiary/aromatic N) is 6. The van der Waals surface area contributed by atoms with Crippen LogP contribution >= 0.6 is 12.2 Å². The number of thiocarbonyl (C=S) groups is 1. The van der Waals surface area contributed by atoms with E-state index in [0.29, 0.717) is 6.54 Å². The fourth-order valence-corrected chi connectivity index (χ4v) is 3.30. The van der Waals surface area contributed by atoms with Gasteiger partial charge in [0.15, 0.2) is 10.9 Å². The number of fused-ring (bicyclic) bond motifs is 1. The molecule has 1 fully saturated rings. The van der Waals surface area contributed by atoms with E-state index in [1.54, 1.807) is 0 Å². The second-order valence-electron chi connectivity index (χ2n) is 5.95. The van der Waals surface area contributed by atoms with Gasteiger partial charge in [-0.3, -0.25) is 4.68 Å². The molecule has 2 aromatic heterocycles. The number of hydrogen-bond acceptors (Lipinski definition) is 5. The maximum absolute atomic E-state index is 5.43. The van der Waals surface area contributed by atoms with Crippen molar-refractivity contribution in [1.29, 1.82) is 0 Å². The average Bonchev–Trinajstić information content (AvgIpc) is 2.86. The van der Waals surface area contributed by atoms with E-state index in [2.05, 4.69) is 31.8 Å². The third kappa shape index (κ3) is 3.06. The van der Waals surface area contributed by atoms with Crippen LogP contribution in [-0.2, 0) is 7.05 Å². The zero-order valence-corrected chi connectivity index (χ0v) is 15.2. The summed E-state index contributed by atoms with van der Waals surface area (Å²) >= 11 is 5.43. The normalized spacial score (nSPS) is 15.0. The topological polar surface area (TPSA) is 62.1 Å². The Morgan fingerprint density at radius 2 is 1.96 bits per heavy atom. The van der Waals surface area contributed by atoms with Crippen molar-refractivity contribution < 1.29 is 0 Å². The van der Waals surface area contributed by atoms with Crippen LogP contribution in [0.25, 0.3) is 11.0 Å². The van der Waals surface area contributed by atoms with Crippen LogP contribution in [0.2, 0.25) is 0 Å². The predicted octanol–water partition coefficient (Wildman–Crippen LogP) is 1.16. The van der Waals surface area contributed by atoms with Crippen molar-refractivity contribution >= 4 is 34.2 Å². The maximum atomic E-state index is 5.43. The molecule has 3 rings (SSSR count). The number of hydrogen-bond donors (Lipinski definition) is 1. The van der Waals surface area contributed by atoms with Gasteiger partial charge in [-0.05, 0) is 26.1 Å². The smallest absolute Gasteiger partial charge is 0.169 e. The maximum Gasteiger partial charge on any atom is 0.169 e. The molecule has 2 aromatic rings. The molecule has 0 spiro atoms. The van der Waals surface area contributed by atoms with Crippen LogP contribution in [0.4, 0.5) is 5.82 Å². The van der Waals surface area contributed by atoms with Crippen molar-refractivity contribution in [1.82, 2.24) is 30.0 Å². The molecule has 0 unspecified atom stereocenters. The summed E-state index contributed by atoms with van der Waals surface area (Å²) in [6.07, 6.45) is 1.81. The summed E-state index contributed by atoms with van der Waals surface area (Å²) < 4.78 is 1.88. The van der Waals surface area contributed by atoms with Crippen molar-refractivity contribution in [3.05, 3.63) is 24.2 Å². The Morgan fingerprint density at radius 1 is 1.25 bits per heavy atom. The molecule has 0 atom stereocenters. The molecule has 8 heteroatoms. The van der Waals surface area contributed by atoms with Crippen molar-refractivity contribution in [3.63, 3.8) is 0 Å². The van der Waals surface area contributed by atoms with Gasteiger partial charge in [0, 0.05) is 39.8 Å². The minimum absolute atomic E-state index is 0.694. The highest BCUT2D eigenvalue weighted by molar-refractivity contribution is 7.80. The van der Waals surface area contributed by atoms with Crippen molar-refractivity contribution in [2.24, 2.45) is 7.05 Å². The van der Waals surface area contributed by atoms with Gasteiger partial charge in [0.1, 0.15) is 16.9 Å². The van der Waals surface area contributed by atoms with Crippen LogP contribution in [0.1, 0.15) is 11.5 Å². The Hall–Kier alpha value is -2.22. The van der Waals surface area contributed by atoms with Gasteiger partial charge in [-0.25, -0.2) is 9.97 Å². The summed E-state index contributed by atoms with van der Waals surface area (Å²) in [6.45, 7) is 11.8. The molecule has 128 valence electrons. The molecule has 1 saturated heterocycles. The first-order chi connectivity index (χ1) is 11.5. The van der Waals surface area contributed by atoms with Crippen molar-refractivity contribution in [2.75, 3.05) is 37.6 Å². The van der Waals surface area contributed by atoms with Gasteiger partial charge in [-0.15, -0.1) is 6.58 Å². The highest BCUT2D eigenvalue weighted by Crippen LogP contribution is 2.26. The first-order valence-electron chi connectivity index (χ1n) is 8.08. The molecule has 1 aliphatic rings. The summed E-state index contributed by atoms with van der Waals surface area (Å²) in [4.78, 5) is 13.7. The third-order valence-corrected chi connectivity index (χ3v) is 4.61. The summed E-state index contributed by atoms with van der Waals surface area (Å²) in [5.74, 6) is 1.74. The van der Waals surface area contributed by atoms with E-state index in [1.165, 1.54) is 0 Å². The van der Waals surface area contributed by atoms with Crippen LogP contribution in [0, 0.1) is 13.8 Å². The molecule has 24 heavy (non-hydrogen) atoms. The highest BCUT2D eigenvalue weighted by Gasteiger charge is 2.23. The summed E-state index contributed by atoms with van der Waals surface area (Å²) in [5.41, 5.74) is 2.87. The van der Waals surface area contributed by atoms with E-state index in [0.717, 1.165) is 59.7 Å². The van der Waals surface area contributed by atoms with E-state index in [4.69, 9.17) is 17.2 Å². The van der Waals surface area contributed by atoms with Crippen LogP contribution in [0.5, 0.6) is 0 Å². The fraction of sp³-hybridized carbons (Fsp3) is 0.500. The Kier molecular flexibility index (Phi) is 4.66. The van der Waals surface area contributed by atoms with Crippen LogP contribution in [0.3, 0.4) is 0 Å². The van der Waals surface area contributed by atoms with Gasteiger partial charge in [0.25, 0.3) is 0 Å². The Bertz CT molecular complexity index is 774. The molecular weight excluding hydrogens is 322 g/mol. The molecule has 0 bridgehead atoms. The van der Waals surface area contributed by atoms with Crippen molar-refractivity contribution in [3.8, 4) is 0 Å². The molecule has 1 N–H and O–H groups in total. The molecule has 0 saturated carbocycles. The standard InChI is InChI=1S/C16H23N7S/c1-5-6-17-16(24)23-9-7-22(8-10-23)15-14-13(18-12(3)19-15)11(2)20-21(14)4/h5H,1,6-10H2,2-4H3,(H,17,24). The van der Waals surface area contributed by atoms with E-state index in [-0.39, 0.29) is 0 Å². The van der Waals surface area contributed by atoms with Gasteiger partial charge < -0.3 is 15.1 Å². The lowest BCUT2D eigenvalue weighted by Gasteiger charge is -2.37. The van der Waals surface area contributed by atoms with E-state index in [1.807, 2.05) is 31.7 Å². The SMILES string of the molecule is C=CCNC(=S)N1CCN(c2nc(C)nc3c(C)nn(C)c23)CC1. The third-order valence-electron chi connectivity index (χ3n) is 4.21. The zero-order valence-electron chi connectivity index (χ0n) is 14.4. The lowest BCUT2D eigenvalue weighted by Crippen LogP contribution is -2.52. The molecule has 0 aromatic carbocycles. The van der Waals surface area contributed by atoms with E-state index >= 15 is 0 Å². The lowest BCUT2D eigenvalue weighted by molar-refractivity contribution is 0.380. The quantitative estimate of drug-likeness (QED) is 0.662. The average molecular weight is 345 g/mol. The molecule has 3 heterocycles. The van der Waals surface area contributed by atoms with Gasteiger partial charge >= 0.3 is 0 Å². The number of anilines is 1. The summed E-state index contributed by atoms with van der Waals surface area (Å²) in [7, 11) is 1.95. The zero-order chi connectivity index (χ0) is 17.3. The summed E-state index contributed by atoms with van der Waals surface area (Å²) in [6, 6.07) is 0. The number of piperazine rings is 1. The second-order valence-corrected chi connectivity index (χ2v) is 6.34. The van der Waals surface area contributed by atoms with Crippen molar-refractivity contribution in [2.45, 2.75) is 13.8 Å². The largest absolute Gasteiger partial charge is 0.359 e. The van der Waals surface area contributed by atoms with Crippen LogP contribution < -0.4 is 10.2 Å². The number of nitrogens with one attached hydrogen (secondary N) is 1. The minimum Gasteiger partial charge on any atom is -0.359 e. The lowest BCUT2D eigenvalue weighted by atomic mass is 10.2. The minimum atomic E-state index is 0.694. The van der Waals surface area contributed by atoms with Crippen LogP contribution in [0.15, 0.2) is 12.7 Å². The molecule has 0 radical (unpaired) electrons. The highest BCUT2D eigenvalue weighted by atomic mass is 32.1. The molecule has 0 amide bonds. The number of aromatic nitrogens is 4. The second kappa shape index (κ2) is 6.72. The Balaban J connectivity index is 1.81. The van der Waals surface area contributed by atoms with Gasteiger partial charge in [-0.2, -0.15) is 5.10 Å². The monoisotopic (exact) mass is 345 g/mol. The van der Waals surface area contributed by atoms with Crippen LogP contribution in [-0.4, -0.2) is 62.5 Å². The predicted molar refractivity (Wildman–Crippen MR) is 100 cm³/mol. The van der Waals surface area contributed by atoms with E-state index in [9.17, 15) is 0 Å². The number of aryl methyl sites for hydroxylation is 3. The van der Waals surface area contributed by atoms with Gasteiger partial charge in [0.2, 0.25) is 0 Å². The van der Waals surface area contributed by atoms with Gasteiger partial charge in [-0.1, -0.05) is 6.08 Å². The molecular formula is C16H23N7S. The number of rotatable bonds is 3. The molecule has 7 nitrogen and oxygen atoms in total. The van der Waals surface area contributed by atoms with E-state index < -0.39 is 0 Å². The first kappa shape index (κ1) is 16.6. The summed E-state index contributed by atoms with van der Waals surface area (Å²) in [5, 5.41) is 8.48.